The molecular formula is C21H22N2O4S. The van der Waals surface area contributed by atoms with Gasteiger partial charge >= 0.3 is 0 Å². The van der Waals surface area contributed by atoms with Crippen LogP contribution < -0.4 is 15.4 Å². The van der Waals surface area contributed by atoms with E-state index in [4.69, 9.17) is 9.47 Å². The highest BCUT2D eigenvalue weighted by atomic mass is 32.2. The number of benzene rings is 2. The van der Waals surface area contributed by atoms with Crippen molar-refractivity contribution < 1.29 is 19.1 Å². The van der Waals surface area contributed by atoms with Crippen LogP contribution in [0.5, 0.6) is 5.75 Å². The largest absolute Gasteiger partial charge is 0.491 e. The molecule has 0 radical (unpaired) electrons. The quantitative estimate of drug-likeness (QED) is 0.798. The van der Waals surface area contributed by atoms with Crippen LogP contribution in [0, 0.1) is 0 Å². The Bertz CT molecular complexity index is 878. The number of ether oxygens (including phenoxy) is 2. The third-order valence-electron chi connectivity index (χ3n) is 4.74. The van der Waals surface area contributed by atoms with E-state index in [1.807, 2.05) is 25.1 Å². The summed E-state index contributed by atoms with van der Waals surface area (Å²) in [6, 6.07) is 12.6. The highest BCUT2D eigenvalue weighted by molar-refractivity contribution is 8.00. The van der Waals surface area contributed by atoms with Gasteiger partial charge in [0, 0.05) is 22.8 Å². The average Bonchev–Trinajstić information content (AvgIpc) is 3.21. The third kappa shape index (κ3) is 4.31. The van der Waals surface area contributed by atoms with Gasteiger partial charge in [0.1, 0.15) is 12.4 Å². The van der Waals surface area contributed by atoms with Crippen LogP contribution in [0.15, 0.2) is 47.4 Å². The van der Waals surface area contributed by atoms with Crippen LogP contribution in [0.4, 0.5) is 11.4 Å². The number of carbonyl (C=O) groups excluding carboxylic acids is 2. The van der Waals surface area contributed by atoms with Gasteiger partial charge in [-0.15, -0.1) is 11.8 Å². The summed E-state index contributed by atoms with van der Waals surface area (Å²) >= 11 is 1.49. The Morgan fingerprint density at radius 3 is 2.86 bits per heavy atom. The first-order valence-corrected chi connectivity index (χ1v) is 10.2. The van der Waals surface area contributed by atoms with Crippen molar-refractivity contribution in [1.82, 2.24) is 0 Å². The van der Waals surface area contributed by atoms with Crippen molar-refractivity contribution in [3.05, 3.63) is 48.0 Å². The minimum Gasteiger partial charge on any atom is -0.491 e. The van der Waals surface area contributed by atoms with Crippen molar-refractivity contribution in [2.24, 2.45) is 0 Å². The third-order valence-corrected chi connectivity index (χ3v) is 5.92. The van der Waals surface area contributed by atoms with Gasteiger partial charge in [-0.1, -0.05) is 0 Å². The highest BCUT2D eigenvalue weighted by Crippen LogP contribution is 2.36. The second-order valence-electron chi connectivity index (χ2n) is 6.88. The molecule has 2 amide bonds. The predicted octanol–water partition coefficient (Wildman–Crippen LogP) is 3.93. The summed E-state index contributed by atoms with van der Waals surface area (Å²) in [6.07, 6.45) is 2.29. The van der Waals surface area contributed by atoms with Crippen LogP contribution >= 0.6 is 11.8 Å². The van der Waals surface area contributed by atoms with Gasteiger partial charge in [-0.25, -0.2) is 0 Å². The lowest BCUT2D eigenvalue weighted by Gasteiger charge is -2.21. The van der Waals surface area contributed by atoms with Gasteiger partial charge in [-0.05, 0) is 62.2 Å². The number of nitrogens with one attached hydrogen (secondary N) is 2. The standard InChI is InChI=1S/C21H22N2O4S/c1-13-20(24)23-18-11-14(4-9-19(18)28-13)21(25)22-15-5-7-16(8-6-15)27-12-17-3-2-10-26-17/h4-9,11,13,17H,2-3,10,12H2,1H3,(H,22,25)(H,23,24)/t13-,17-/m0/s1. The zero-order valence-electron chi connectivity index (χ0n) is 15.6. The lowest BCUT2D eigenvalue weighted by atomic mass is 10.1. The summed E-state index contributed by atoms with van der Waals surface area (Å²) < 4.78 is 11.3. The monoisotopic (exact) mass is 398 g/mol. The van der Waals surface area contributed by atoms with E-state index in [1.165, 1.54) is 11.8 Å². The first-order chi connectivity index (χ1) is 13.6. The molecule has 2 aromatic carbocycles. The number of fused-ring (bicyclic) bond motifs is 1. The maximum atomic E-state index is 12.6. The number of carbonyl (C=O) groups is 2. The fraction of sp³-hybridized carbons (Fsp3) is 0.333. The lowest BCUT2D eigenvalue weighted by molar-refractivity contribution is -0.115. The topological polar surface area (TPSA) is 76.7 Å². The first kappa shape index (κ1) is 18.8. The number of hydrogen-bond acceptors (Lipinski definition) is 5. The van der Waals surface area contributed by atoms with E-state index in [0.717, 1.165) is 30.1 Å². The number of thioether (sulfide) groups is 1. The summed E-state index contributed by atoms with van der Waals surface area (Å²) in [4.78, 5) is 25.4. The molecule has 0 aliphatic carbocycles. The highest BCUT2D eigenvalue weighted by Gasteiger charge is 2.23. The Kier molecular flexibility index (Phi) is 5.54. The van der Waals surface area contributed by atoms with Crippen LogP contribution in [0.2, 0.25) is 0 Å². The molecule has 0 bridgehead atoms. The smallest absolute Gasteiger partial charge is 0.255 e. The molecular weight excluding hydrogens is 376 g/mol. The molecule has 2 aliphatic rings. The van der Waals surface area contributed by atoms with Crippen molar-refractivity contribution in [3.8, 4) is 5.75 Å². The molecule has 1 saturated heterocycles. The second-order valence-corrected chi connectivity index (χ2v) is 8.27. The molecule has 0 saturated carbocycles. The minimum atomic E-state index is -0.228. The van der Waals surface area contributed by atoms with Crippen LogP contribution in [-0.2, 0) is 9.53 Å². The Labute approximate surface area is 168 Å². The van der Waals surface area contributed by atoms with Gasteiger partial charge in [-0.3, -0.25) is 9.59 Å². The lowest BCUT2D eigenvalue weighted by Crippen LogP contribution is -2.26. The van der Waals surface area contributed by atoms with Crippen molar-refractivity contribution >= 4 is 35.0 Å². The molecule has 0 spiro atoms. The van der Waals surface area contributed by atoms with Crippen molar-refractivity contribution in [3.63, 3.8) is 0 Å². The van der Waals surface area contributed by atoms with E-state index in [9.17, 15) is 9.59 Å². The van der Waals surface area contributed by atoms with Crippen molar-refractivity contribution in [2.45, 2.75) is 36.0 Å². The molecule has 146 valence electrons. The van der Waals surface area contributed by atoms with Gasteiger partial charge in [0.25, 0.3) is 5.91 Å². The molecule has 2 aliphatic heterocycles. The molecule has 7 heteroatoms. The maximum absolute atomic E-state index is 12.6. The fourth-order valence-electron chi connectivity index (χ4n) is 3.15. The molecule has 28 heavy (non-hydrogen) atoms. The van der Waals surface area contributed by atoms with E-state index in [-0.39, 0.29) is 23.2 Å². The van der Waals surface area contributed by atoms with Crippen LogP contribution in [0.1, 0.15) is 30.1 Å². The Morgan fingerprint density at radius 2 is 2.11 bits per heavy atom. The maximum Gasteiger partial charge on any atom is 0.255 e. The van der Waals surface area contributed by atoms with Gasteiger partial charge in [0.05, 0.1) is 17.0 Å². The molecule has 0 unspecified atom stereocenters. The number of amides is 2. The Morgan fingerprint density at radius 1 is 1.29 bits per heavy atom. The van der Waals surface area contributed by atoms with Crippen LogP contribution in [-0.4, -0.2) is 36.4 Å². The molecule has 2 heterocycles. The minimum absolute atomic E-state index is 0.0475. The summed E-state index contributed by atoms with van der Waals surface area (Å²) in [5.74, 6) is 0.471. The number of hydrogen-bond donors (Lipinski definition) is 2. The van der Waals surface area contributed by atoms with E-state index >= 15 is 0 Å². The molecule has 6 nitrogen and oxygen atoms in total. The second kappa shape index (κ2) is 8.24. The molecule has 2 N–H and O–H groups in total. The summed E-state index contributed by atoms with van der Waals surface area (Å²) in [5.41, 5.74) is 1.85. The summed E-state index contributed by atoms with van der Waals surface area (Å²) in [6.45, 7) is 3.21. The molecule has 2 aromatic rings. The van der Waals surface area contributed by atoms with E-state index in [2.05, 4.69) is 10.6 Å². The normalized spacial score (nSPS) is 21.0. The van der Waals surface area contributed by atoms with Crippen molar-refractivity contribution in [2.75, 3.05) is 23.8 Å². The zero-order valence-corrected chi connectivity index (χ0v) is 16.4. The number of anilines is 2. The zero-order chi connectivity index (χ0) is 19.5. The predicted molar refractivity (Wildman–Crippen MR) is 109 cm³/mol. The number of rotatable bonds is 5. The average molecular weight is 398 g/mol. The SMILES string of the molecule is C[C@@H]1Sc2ccc(C(=O)Nc3ccc(OC[C@@H]4CCCO4)cc3)cc2NC1=O. The molecule has 1 fully saturated rings. The van der Waals surface area contributed by atoms with Gasteiger partial charge < -0.3 is 20.1 Å². The fourth-order valence-corrected chi connectivity index (χ4v) is 4.08. The van der Waals surface area contributed by atoms with E-state index < -0.39 is 0 Å². The molecule has 2 atom stereocenters. The van der Waals surface area contributed by atoms with Crippen LogP contribution in [0.25, 0.3) is 0 Å². The molecule has 4 rings (SSSR count). The van der Waals surface area contributed by atoms with E-state index in [0.29, 0.717) is 23.5 Å². The Hall–Kier alpha value is -2.51. The summed E-state index contributed by atoms with van der Waals surface area (Å²) in [5, 5.41) is 5.59. The first-order valence-electron chi connectivity index (χ1n) is 9.36. The van der Waals surface area contributed by atoms with Gasteiger partial charge in [0.15, 0.2) is 0 Å². The van der Waals surface area contributed by atoms with Gasteiger partial charge in [-0.2, -0.15) is 0 Å². The van der Waals surface area contributed by atoms with Gasteiger partial charge in [0.2, 0.25) is 5.91 Å². The van der Waals surface area contributed by atoms with Crippen LogP contribution in [0.3, 0.4) is 0 Å². The van der Waals surface area contributed by atoms with E-state index in [1.54, 1.807) is 24.3 Å². The Balaban J connectivity index is 1.37. The summed E-state index contributed by atoms with van der Waals surface area (Å²) in [7, 11) is 0. The molecule has 0 aromatic heterocycles. The van der Waals surface area contributed by atoms with Crippen molar-refractivity contribution in [1.29, 1.82) is 0 Å².